The van der Waals surface area contributed by atoms with Crippen LogP contribution in [0.25, 0.3) is 0 Å². The van der Waals surface area contributed by atoms with Gasteiger partial charge in [0.15, 0.2) is 0 Å². The molecule has 0 radical (unpaired) electrons. The third-order valence-corrected chi connectivity index (χ3v) is 7.07. The fraction of sp³-hybridized carbons (Fsp3) is 0.524. The van der Waals surface area contributed by atoms with Gasteiger partial charge in [0, 0.05) is 20.0 Å². The highest BCUT2D eigenvalue weighted by Crippen LogP contribution is 2.45. The lowest BCUT2D eigenvalue weighted by molar-refractivity contribution is -0.116. The van der Waals surface area contributed by atoms with Crippen molar-refractivity contribution < 1.29 is 27.9 Å². The van der Waals surface area contributed by atoms with E-state index in [2.05, 4.69) is 26.3 Å². The number of alkyl halides is 2. The fourth-order valence-corrected chi connectivity index (χ4v) is 5.32. The van der Waals surface area contributed by atoms with Crippen LogP contribution in [0.1, 0.15) is 75.5 Å². The number of carbonyl (C=O) groups is 3. The molecule has 1 fully saturated rings. The second kappa shape index (κ2) is 10.3. The number of hydrogen-bond donors (Lipinski definition) is 1. The molecule has 12 heteroatoms. The molecule has 180 valence electrons. The first-order chi connectivity index (χ1) is 15.6. The lowest BCUT2D eigenvalue weighted by atomic mass is 10.1. The van der Waals surface area contributed by atoms with E-state index in [0.29, 0.717) is 22.6 Å². The van der Waals surface area contributed by atoms with E-state index in [9.17, 15) is 23.2 Å². The van der Waals surface area contributed by atoms with E-state index < -0.39 is 24.0 Å². The van der Waals surface area contributed by atoms with Gasteiger partial charge in [0.25, 0.3) is 12.3 Å². The van der Waals surface area contributed by atoms with Crippen molar-refractivity contribution in [1.82, 2.24) is 14.7 Å². The highest BCUT2D eigenvalue weighted by Gasteiger charge is 2.34. The Bertz CT molecular complexity index is 1080. The summed E-state index contributed by atoms with van der Waals surface area (Å²) < 4.78 is 33.4. The zero-order valence-corrected chi connectivity index (χ0v) is 21.1. The van der Waals surface area contributed by atoms with Crippen LogP contribution in [0.3, 0.4) is 0 Å². The van der Waals surface area contributed by atoms with Gasteiger partial charge in [-0.1, -0.05) is 6.92 Å². The highest BCUT2D eigenvalue weighted by molar-refractivity contribution is 9.10. The summed E-state index contributed by atoms with van der Waals surface area (Å²) in [6, 6.07) is 0. The second-order valence-corrected chi connectivity index (χ2v) is 9.77. The minimum atomic E-state index is -2.78. The first-order valence-electron chi connectivity index (χ1n) is 10.4. The number of hydrogen-bond acceptors (Lipinski definition) is 6. The molecule has 8 nitrogen and oxygen atoms in total. The molecular formula is C21H25BrF2N4O4S. The van der Waals surface area contributed by atoms with Gasteiger partial charge in [-0.3, -0.25) is 14.3 Å². The molecule has 0 saturated heterocycles. The molecule has 3 rings (SSSR count). The standard InChI is InChI=1S/C21H25BrF2N4O4S/c1-5-8-32-21(31)13-10(2)17(20(30)27(3)4)33-19(13)25-12(29)9-28-16(11-6-7-11)14(22)15(26-28)18(23)24/h11,18H,5-9H2,1-4H3,(H,25,29). The monoisotopic (exact) mass is 546 g/mol. The lowest BCUT2D eigenvalue weighted by Gasteiger charge is -2.10. The molecule has 0 bridgehead atoms. The van der Waals surface area contributed by atoms with E-state index >= 15 is 0 Å². The summed E-state index contributed by atoms with van der Waals surface area (Å²) in [5, 5.41) is 6.77. The Balaban J connectivity index is 1.90. The average Bonchev–Trinajstić information content (AvgIpc) is 3.45. The molecule has 1 aliphatic rings. The predicted molar refractivity (Wildman–Crippen MR) is 123 cm³/mol. The highest BCUT2D eigenvalue weighted by atomic mass is 79.9. The molecule has 0 unspecified atom stereocenters. The first kappa shape index (κ1) is 25.3. The van der Waals surface area contributed by atoms with Crippen LogP contribution >= 0.6 is 27.3 Å². The number of nitrogens with zero attached hydrogens (tertiary/aromatic N) is 3. The first-order valence-corrected chi connectivity index (χ1v) is 12.0. The predicted octanol–water partition coefficient (Wildman–Crippen LogP) is 4.74. The van der Waals surface area contributed by atoms with Crippen LogP contribution in [0.5, 0.6) is 0 Å². The van der Waals surface area contributed by atoms with Crippen molar-refractivity contribution >= 4 is 50.1 Å². The number of esters is 1. The summed E-state index contributed by atoms with van der Waals surface area (Å²) >= 11 is 4.18. The van der Waals surface area contributed by atoms with Crippen LogP contribution in [0.2, 0.25) is 0 Å². The van der Waals surface area contributed by atoms with Crippen molar-refractivity contribution in [1.29, 1.82) is 0 Å². The van der Waals surface area contributed by atoms with Crippen molar-refractivity contribution in [2.75, 3.05) is 26.0 Å². The topological polar surface area (TPSA) is 93.5 Å². The Kier molecular flexibility index (Phi) is 7.88. The summed E-state index contributed by atoms with van der Waals surface area (Å²) in [5.74, 6) is -1.43. The molecule has 0 aliphatic heterocycles. The maximum atomic E-state index is 13.3. The van der Waals surface area contributed by atoms with Gasteiger partial charge in [0.05, 0.1) is 27.2 Å². The van der Waals surface area contributed by atoms with Crippen LogP contribution in [-0.2, 0) is 16.1 Å². The Labute approximate surface area is 202 Å². The SMILES string of the molecule is CCCOC(=O)c1c(NC(=O)Cn2nc(C(F)F)c(Br)c2C2CC2)sc(C(=O)N(C)C)c1C. The van der Waals surface area contributed by atoms with Crippen LogP contribution < -0.4 is 5.32 Å². The largest absolute Gasteiger partial charge is 0.462 e. The number of rotatable bonds is 9. The van der Waals surface area contributed by atoms with Gasteiger partial charge in [0.1, 0.15) is 17.2 Å². The summed E-state index contributed by atoms with van der Waals surface area (Å²) in [7, 11) is 3.18. The number of anilines is 1. The Morgan fingerprint density at radius 2 is 2.00 bits per heavy atom. The average molecular weight is 547 g/mol. The molecule has 1 saturated carbocycles. The number of halogens is 3. The molecular weight excluding hydrogens is 522 g/mol. The van der Waals surface area contributed by atoms with Crippen LogP contribution in [0, 0.1) is 6.92 Å². The summed E-state index contributed by atoms with van der Waals surface area (Å²) in [6.45, 7) is 3.36. The quantitative estimate of drug-likeness (QED) is 0.458. The molecule has 0 spiro atoms. The number of aromatic nitrogens is 2. The number of amides is 2. The van der Waals surface area contributed by atoms with E-state index in [1.807, 2.05) is 6.92 Å². The van der Waals surface area contributed by atoms with E-state index in [0.717, 1.165) is 24.2 Å². The number of ether oxygens (including phenoxy) is 1. The van der Waals surface area contributed by atoms with Crippen molar-refractivity contribution in [2.45, 2.75) is 52.0 Å². The van der Waals surface area contributed by atoms with Gasteiger partial charge < -0.3 is 15.0 Å². The van der Waals surface area contributed by atoms with Gasteiger partial charge >= 0.3 is 5.97 Å². The molecule has 2 heterocycles. The van der Waals surface area contributed by atoms with E-state index in [1.165, 1.54) is 9.58 Å². The lowest BCUT2D eigenvalue weighted by Crippen LogP contribution is -2.22. The van der Waals surface area contributed by atoms with Crippen molar-refractivity contribution in [3.8, 4) is 0 Å². The van der Waals surface area contributed by atoms with Gasteiger partial charge in [-0.25, -0.2) is 13.6 Å². The fourth-order valence-electron chi connectivity index (χ4n) is 3.30. The third kappa shape index (κ3) is 5.43. The zero-order valence-electron chi connectivity index (χ0n) is 18.7. The van der Waals surface area contributed by atoms with Gasteiger partial charge in [-0.15, -0.1) is 11.3 Å². The van der Waals surface area contributed by atoms with Crippen molar-refractivity contribution in [2.24, 2.45) is 0 Å². The molecule has 2 aromatic heterocycles. The maximum absolute atomic E-state index is 13.3. The Morgan fingerprint density at radius 1 is 1.33 bits per heavy atom. The van der Waals surface area contributed by atoms with Crippen molar-refractivity contribution in [3.63, 3.8) is 0 Å². The molecule has 0 aromatic carbocycles. The van der Waals surface area contributed by atoms with E-state index in [4.69, 9.17) is 4.74 Å². The van der Waals surface area contributed by atoms with Gasteiger partial charge in [-0.2, -0.15) is 5.10 Å². The minimum absolute atomic E-state index is 0.0695. The zero-order chi connectivity index (χ0) is 24.4. The molecule has 0 atom stereocenters. The van der Waals surface area contributed by atoms with E-state index in [-0.39, 0.29) is 40.0 Å². The Hall–Kier alpha value is -2.34. The van der Waals surface area contributed by atoms with Gasteiger partial charge in [-0.05, 0) is 47.7 Å². The molecule has 2 aromatic rings. The molecule has 1 aliphatic carbocycles. The van der Waals surface area contributed by atoms with Gasteiger partial charge in [0.2, 0.25) is 5.91 Å². The number of thiophene rings is 1. The Morgan fingerprint density at radius 3 is 2.55 bits per heavy atom. The number of nitrogens with one attached hydrogen (secondary N) is 1. The maximum Gasteiger partial charge on any atom is 0.341 e. The summed E-state index contributed by atoms with van der Waals surface area (Å²) in [6.07, 6.45) is -0.490. The molecule has 2 amide bonds. The van der Waals surface area contributed by atoms with Crippen LogP contribution in [-0.4, -0.2) is 53.2 Å². The third-order valence-electron chi connectivity index (χ3n) is 5.06. The molecule has 33 heavy (non-hydrogen) atoms. The minimum Gasteiger partial charge on any atom is -0.462 e. The van der Waals surface area contributed by atoms with E-state index in [1.54, 1.807) is 21.0 Å². The smallest absolute Gasteiger partial charge is 0.341 e. The number of carbonyl (C=O) groups excluding carboxylic acids is 3. The summed E-state index contributed by atoms with van der Waals surface area (Å²) in [5.41, 5.74) is 0.688. The second-order valence-electron chi connectivity index (χ2n) is 7.96. The normalized spacial score (nSPS) is 13.3. The summed E-state index contributed by atoms with van der Waals surface area (Å²) in [4.78, 5) is 39.8. The van der Waals surface area contributed by atoms with Crippen molar-refractivity contribution in [3.05, 3.63) is 31.9 Å². The van der Waals surface area contributed by atoms with Crippen LogP contribution in [0.4, 0.5) is 13.8 Å². The van der Waals surface area contributed by atoms with Crippen LogP contribution in [0.15, 0.2) is 4.47 Å². The molecule has 1 N–H and O–H groups in total.